The SMILES string of the molecule is Cc1ccc(S(=O)(=O)N2CC[C@H](C(=O)Nc3ccc(OC(F)(F)F)cc3)C[C@H]2C(=O)O)cc1. The molecule has 1 saturated heterocycles. The fourth-order valence-electron chi connectivity index (χ4n) is 3.52. The fraction of sp³-hybridized carbons (Fsp3) is 0.333. The van der Waals surface area contributed by atoms with Crippen LogP contribution in [0.15, 0.2) is 53.4 Å². The quantitative estimate of drug-likeness (QED) is 0.647. The lowest BCUT2D eigenvalue weighted by Gasteiger charge is -2.35. The summed E-state index contributed by atoms with van der Waals surface area (Å²) in [6.45, 7) is 1.61. The summed E-state index contributed by atoms with van der Waals surface area (Å²) < 4.78 is 67.4. The maximum absolute atomic E-state index is 13.0. The highest BCUT2D eigenvalue weighted by molar-refractivity contribution is 7.89. The Morgan fingerprint density at radius 1 is 1.09 bits per heavy atom. The van der Waals surface area contributed by atoms with Crippen molar-refractivity contribution < 1.29 is 41.0 Å². The van der Waals surface area contributed by atoms with Gasteiger partial charge in [-0.25, -0.2) is 8.42 Å². The maximum Gasteiger partial charge on any atom is 0.573 e. The molecule has 2 aromatic rings. The summed E-state index contributed by atoms with van der Waals surface area (Å²) >= 11 is 0. The zero-order chi connectivity index (χ0) is 24.4. The van der Waals surface area contributed by atoms with Crippen molar-refractivity contribution >= 4 is 27.6 Å². The number of piperidine rings is 1. The Morgan fingerprint density at radius 3 is 2.24 bits per heavy atom. The van der Waals surface area contributed by atoms with Gasteiger partial charge in [0.15, 0.2) is 0 Å². The highest BCUT2D eigenvalue weighted by Gasteiger charge is 2.42. The van der Waals surface area contributed by atoms with Gasteiger partial charge in [0.2, 0.25) is 15.9 Å². The minimum atomic E-state index is -4.84. The number of amides is 1. The number of ether oxygens (including phenoxy) is 1. The van der Waals surface area contributed by atoms with Gasteiger partial charge in [-0.2, -0.15) is 4.31 Å². The lowest BCUT2D eigenvalue weighted by molar-refractivity contribution is -0.274. The number of carbonyl (C=O) groups excluding carboxylic acids is 1. The van der Waals surface area contributed by atoms with Crippen molar-refractivity contribution in [3.63, 3.8) is 0 Å². The van der Waals surface area contributed by atoms with Crippen LogP contribution in [0.1, 0.15) is 18.4 Å². The molecule has 33 heavy (non-hydrogen) atoms. The summed E-state index contributed by atoms with van der Waals surface area (Å²) in [5.74, 6) is -3.20. The molecule has 178 valence electrons. The first-order valence-corrected chi connectivity index (χ1v) is 11.3. The van der Waals surface area contributed by atoms with Crippen LogP contribution < -0.4 is 10.1 Å². The molecule has 1 fully saturated rings. The van der Waals surface area contributed by atoms with E-state index in [1.807, 2.05) is 0 Å². The molecule has 0 aliphatic carbocycles. The maximum atomic E-state index is 13.0. The van der Waals surface area contributed by atoms with E-state index in [2.05, 4.69) is 10.1 Å². The van der Waals surface area contributed by atoms with Crippen LogP contribution in [-0.4, -0.2) is 48.7 Å². The van der Waals surface area contributed by atoms with Crippen LogP contribution in [-0.2, 0) is 19.6 Å². The third-order valence-electron chi connectivity index (χ3n) is 5.19. The third-order valence-corrected chi connectivity index (χ3v) is 7.11. The molecule has 0 aromatic heterocycles. The molecule has 2 N–H and O–H groups in total. The van der Waals surface area contributed by atoms with Gasteiger partial charge >= 0.3 is 12.3 Å². The average Bonchev–Trinajstić information content (AvgIpc) is 2.74. The molecule has 2 aromatic carbocycles. The second kappa shape index (κ2) is 9.40. The van der Waals surface area contributed by atoms with E-state index < -0.39 is 46.0 Å². The van der Waals surface area contributed by atoms with Crippen LogP contribution in [0.25, 0.3) is 0 Å². The number of sulfonamides is 1. The highest BCUT2D eigenvalue weighted by Crippen LogP contribution is 2.30. The predicted octanol–water partition coefficient (Wildman–Crippen LogP) is 3.39. The van der Waals surface area contributed by atoms with E-state index in [-0.39, 0.29) is 30.0 Å². The molecule has 0 spiro atoms. The molecule has 1 heterocycles. The average molecular weight is 486 g/mol. The number of aliphatic carboxylic acids is 1. The molecular formula is C21H21F3N2O6S. The molecule has 3 rings (SSSR count). The van der Waals surface area contributed by atoms with Crippen molar-refractivity contribution in [2.45, 2.75) is 37.1 Å². The molecule has 0 saturated carbocycles. The number of aryl methyl sites for hydroxylation is 1. The Hall–Kier alpha value is -3.12. The van der Waals surface area contributed by atoms with E-state index >= 15 is 0 Å². The highest BCUT2D eigenvalue weighted by atomic mass is 32.2. The topological polar surface area (TPSA) is 113 Å². The third kappa shape index (κ3) is 6.02. The van der Waals surface area contributed by atoms with Crippen molar-refractivity contribution in [2.75, 3.05) is 11.9 Å². The van der Waals surface area contributed by atoms with Crippen LogP contribution in [0.3, 0.4) is 0 Å². The number of halogens is 3. The molecule has 0 bridgehead atoms. The summed E-state index contributed by atoms with van der Waals surface area (Å²) in [4.78, 5) is 24.4. The van der Waals surface area contributed by atoms with Gasteiger partial charge in [-0.15, -0.1) is 13.2 Å². The lowest BCUT2D eigenvalue weighted by Crippen LogP contribution is -2.51. The molecule has 12 heteroatoms. The van der Waals surface area contributed by atoms with Gasteiger partial charge in [-0.1, -0.05) is 17.7 Å². The standard InChI is InChI=1S/C21H21F3N2O6S/c1-13-2-8-17(9-3-13)33(30,31)26-11-10-14(12-18(26)20(28)29)19(27)25-15-4-6-16(7-5-15)32-21(22,23)24/h2-9,14,18H,10-12H2,1H3,(H,25,27)(H,28,29)/t14-,18-/m0/s1. The number of carboxylic acid groups (broad SMARTS) is 1. The lowest BCUT2D eigenvalue weighted by atomic mass is 9.91. The normalized spacial score (nSPS) is 19.6. The van der Waals surface area contributed by atoms with Crippen molar-refractivity contribution in [2.24, 2.45) is 5.92 Å². The van der Waals surface area contributed by atoms with E-state index in [1.54, 1.807) is 19.1 Å². The first-order chi connectivity index (χ1) is 15.4. The monoisotopic (exact) mass is 486 g/mol. The second-order valence-electron chi connectivity index (χ2n) is 7.57. The fourth-order valence-corrected chi connectivity index (χ4v) is 5.13. The van der Waals surface area contributed by atoms with Crippen LogP contribution >= 0.6 is 0 Å². The van der Waals surface area contributed by atoms with Gasteiger partial charge in [0, 0.05) is 18.2 Å². The van der Waals surface area contributed by atoms with E-state index in [0.717, 1.165) is 22.0 Å². The summed E-state index contributed by atoms with van der Waals surface area (Å²) in [5, 5.41) is 12.1. The number of alkyl halides is 3. The summed E-state index contributed by atoms with van der Waals surface area (Å²) in [7, 11) is -4.09. The minimum Gasteiger partial charge on any atom is -0.480 e. The van der Waals surface area contributed by atoms with Crippen LogP contribution in [0.5, 0.6) is 5.75 Å². The van der Waals surface area contributed by atoms with E-state index in [4.69, 9.17) is 0 Å². The van der Waals surface area contributed by atoms with Crippen molar-refractivity contribution in [3.8, 4) is 5.75 Å². The minimum absolute atomic E-state index is 0.0385. The van der Waals surface area contributed by atoms with Crippen LogP contribution in [0.4, 0.5) is 18.9 Å². The Balaban J connectivity index is 1.70. The molecule has 2 atom stereocenters. The van der Waals surface area contributed by atoms with Crippen molar-refractivity contribution in [3.05, 3.63) is 54.1 Å². The number of hydrogen-bond donors (Lipinski definition) is 2. The van der Waals surface area contributed by atoms with Gasteiger partial charge in [0.25, 0.3) is 0 Å². The predicted molar refractivity (Wildman–Crippen MR) is 111 cm³/mol. The molecule has 0 unspecified atom stereocenters. The van der Waals surface area contributed by atoms with E-state index in [0.29, 0.717) is 0 Å². The summed E-state index contributed by atoms with van der Waals surface area (Å²) in [5.41, 5.74) is 1.04. The number of rotatable bonds is 6. The number of anilines is 1. The number of carboxylic acids is 1. The van der Waals surface area contributed by atoms with Gasteiger partial charge in [-0.05, 0) is 56.2 Å². The number of nitrogens with one attached hydrogen (secondary N) is 1. The van der Waals surface area contributed by atoms with Gasteiger partial charge in [0.05, 0.1) is 4.90 Å². The Morgan fingerprint density at radius 2 is 1.70 bits per heavy atom. The largest absolute Gasteiger partial charge is 0.573 e. The number of hydrogen-bond acceptors (Lipinski definition) is 5. The zero-order valence-electron chi connectivity index (χ0n) is 17.4. The Bertz CT molecular complexity index is 1120. The second-order valence-corrected chi connectivity index (χ2v) is 9.46. The number of benzene rings is 2. The Kier molecular flexibility index (Phi) is 6.98. The molecular weight excluding hydrogens is 465 g/mol. The number of nitrogens with zero attached hydrogens (tertiary/aromatic N) is 1. The van der Waals surface area contributed by atoms with Crippen molar-refractivity contribution in [1.82, 2.24) is 4.31 Å². The van der Waals surface area contributed by atoms with Gasteiger partial charge in [-0.3, -0.25) is 9.59 Å². The van der Waals surface area contributed by atoms with Crippen LogP contribution in [0.2, 0.25) is 0 Å². The molecule has 1 aliphatic rings. The van der Waals surface area contributed by atoms with E-state index in [1.165, 1.54) is 24.3 Å². The van der Waals surface area contributed by atoms with E-state index in [9.17, 15) is 36.3 Å². The van der Waals surface area contributed by atoms with Gasteiger partial charge in [0.1, 0.15) is 11.8 Å². The summed E-state index contributed by atoms with van der Waals surface area (Å²) in [6.07, 6.45) is -5.01. The molecule has 0 radical (unpaired) electrons. The van der Waals surface area contributed by atoms with Crippen LogP contribution in [0, 0.1) is 12.8 Å². The zero-order valence-corrected chi connectivity index (χ0v) is 18.2. The number of carbonyl (C=O) groups is 2. The summed E-state index contributed by atoms with van der Waals surface area (Å²) in [6, 6.07) is 9.04. The first kappa shape index (κ1) is 24.5. The Labute approximate surface area is 188 Å². The molecule has 8 nitrogen and oxygen atoms in total. The smallest absolute Gasteiger partial charge is 0.480 e. The molecule has 1 amide bonds. The first-order valence-electron chi connectivity index (χ1n) is 9.85. The van der Waals surface area contributed by atoms with Gasteiger partial charge < -0.3 is 15.2 Å². The van der Waals surface area contributed by atoms with Crippen molar-refractivity contribution in [1.29, 1.82) is 0 Å². The molecule has 1 aliphatic heterocycles.